The van der Waals surface area contributed by atoms with Gasteiger partial charge in [0, 0.05) is 23.5 Å². The van der Waals surface area contributed by atoms with Crippen LogP contribution in [0.2, 0.25) is 0 Å². The van der Waals surface area contributed by atoms with Gasteiger partial charge < -0.3 is 5.32 Å². The van der Waals surface area contributed by atoms with Crippen LogP contribution < -0.4 is 5.32 Å². The van der Waals surface area contributed by atoms with Crippen molar-refractivity contribution in [1.82, 2.24) is 10.2 Å². The predicted octanol–water partition coefficient (Wildman–Crippen LogP) is 3.45. The van der Waals surface area contributed by atoms with Crippen molar-refractivity contribution < 1.29 is 0 Å². The first-order valence-electron chi connectivity index (χ1n) is 7.26. The summed E-state index contributed by atoms with van der Waals surface area (Å²) >= 11 is 1.93. The molecule has 2 rings (SSSR count). The molecule has 1 aliphatic rings. The van der Waals surface area contributed by atoms with Gasteiger partial charge in [-0.1, -0.05) is 6.92 Å². The number of nitrogens with one attached hydrogen (secondary N) is 1. The summed E-state index contributed by atoms with van der Waals surface area (Å²) in [7, 11) is 0. The lowest BCUT2D eigenvalue weighted by atomic mass is 9.99. The highest BCUT2D eigenvalue weighted by Crippen LogP contribution is 2.34. The fourth-order valence-electron chi connectivity index (χ4n) is 2.91. The average molecular weight is 266 g/mol. The van der Waals surface area contributed by atoms with Crippen LogP contribution in [0.4, 0.5) is 0 Å². The Balaban J connectivity index is 1.86. The quantitative estimate of drug-likeness (QED) is 0.793. The molecule has 0 saturated heterocycles. The van der Waals surface area contributed by atoms with Gasteiger partial charge in [0.25, 0.3) is 0 Å². The zero-order chi connectivity index (χ0) is 13.0. The van der Waals surface area contributed by atoms with Crippen molar-refractivity contribution in [3.05, 3.63) is 21.9 Å². The minimum absolute atomic E-state index is 0.598. The first-order valence-corrected chi connectivity index (χ1v) is 8.14. The normalized spacial score (nSPS) is 21.8. The molecule has 0 aliphatic carbocycles. The Morgan fingerprint density at radius 2 is 2.33 bits per heavy atom. The van der Waals surface area contributed by atoms with Gasteiger partial charge in [0.1, 0.15) is 0 Å². The van der Waals surface area contributed by atoms with E-state index < -0.39 is 0 Å². The Morgan fingerprint density at radius 1 is 1.50 bits per heavy atom. The Morgan fingerprint density at radius 3 is 3.11 bits per heavy atom. The number of hydrogen-bond acceptors (Lipinski definition) is 3. The summed E-state index contributed by atoms with van der Waals surface area (Å²) in [6.45, 7) is 10.5. The number of nitrogens with zero attached hydrogens (tertiary/aromatic N) is 1. The predicted molar refractivity (Wildman–Crippen MR) is 80.4 cm³/mol. The van der Waals surface area contributed by atoms with Crippen molar-refractivity contribution in [2.45, 2.75) is 52.1 Å². The molecule has 1 aromatic heterocycles. The summed E-state index contributed by atoms with van der Waals surface area (Å²) in [6.07, 6.45) is 3.72. The minimum Gasteiger partial charge on any atom is -0.317 e. The summed E-state index contributed by atoms with van der Waals surface area (Å²) < 4.78 is 0. The van der Waals surface area contributed by atoms with Gasteiger partial charge in [-0.25, -0.2) is 0 Å². The van der Waals surface area contributed by atoms with Crippen molar-refractivity contribution in [2.24, 2.45) is 0 Å². The molecule has 0 aromatic carbocycles. The van der Waals surface area contributed by atoms with Gasteiger partial charge in [-0.3, -0.25) is 4.90 Å². The molecule has 1 N–H and O–H groups in total. The van der Waals surface area contributed by atoms with Crippen molar-refractivity contribution in [3.8, 4) is 0 Å². The van der Waals surface area contributed by atoms with E-state index in [-0.39, 0.29) is 0 Å². The zero-order valence-electron chi connectivity index (χ0n) is 11.9. The summed E-state index contributed by atoms with van der Waals surface area (Å²) in [4.78, 5) is 4.28. The molecular weight excluding hydrogens is 240 g/mol. The van der Waals surface area contributed by atoms with E-state index in [0.717, 1.165) is 13.1 Å². The molecule has 2 nitrogen and oxygen atoms in total. The van der Waals surface area contributed by atoms with Crippen LogP contribution in [-0.2, 0) is 6.42 Å². The lowest BCUT2D eigenvalue weighted by molar-refractivity contribution is 0.138. The van der Waals surface area contributed by atoms with Gasteiger partial charge >= 0.3 is 0 Å². The standard InChI is InChI=1S/C15H26N2S/c1-4-8-16-9-5-12(2)17-10-6-15-14(13(17)3)7-11-18-15/h7,11-13,16H,4-6,8-10H2,1-3H3. The molecule has 3 heteroatoms. The second-order valence-electron chi connectivity index (χ2n) is 5.35. The van der Waals surface area contributed by atoms with E-state index in [2.05, 4.69) is 42.4 Å². The lowest BCUT2D eigenvalue weighted by Gasteiger charge is -2.38. The van der Waals surface area contributed by atoms with Gasteiger partial charge in [0.2, 0.25) is 0 Å². The van der Waals surface area contributed by atoms with E-state index >= 15 is 0 Å². The Bertz CT molecular complexity index is 361. The van der Waals surface area contributed by atoms with Crippen molar-refractivity contribution in [2.75, 3.05) is 19.6 Å². The van der Waals surface area contributed by atoms with E-state index in [1.807, 2.05) is 11.3 Å². The Kier molecular flexibility index (Phi) is 5.22. The minimum atomic E-state index is 0.598. The van der Waals surface area contributed by atoms with Crippen LogP contribution >= 0.6 is 11.3 Å². The van der Waals surface area contributed by atoms with Gasteiger partial charge in [-0.05, 0) is 63.2 Å². The highest BCUT2D eigenvalue weighted by molar-refractivity contribution is 7.10. The van der Waals surface area contributed by atoms with E-state index in [1.54, 1.807) is 10.4 Å². The van der Waals surface area contributed by atoms with Gasteiger partial charge in [0.05, 0.1) is 0 Å². The molecule has 0 spiro atoms. The molecular formula is C15H26N2S. The van der Waals surface area contributed by atoms with Crippen LogP contribution in [-0.4, -0.2) is 30.6 Å². The van der Waals surface area contributed by atoms with Crippen molar-refractivity contribution >= 4 is 11.3 Å². The zero-order valence-corrected chi connectivity index (χ0v) is 12.7. The highest BCUT2D eigenvalue weighted by atomic mass is 32.1. The van der Waals surface area contributed by atoms with Gasteiger partial charge in [-0.2, -0.15) is 0 Å². The molecule has 0 radical (unpaired) electrons. The molecule has 0 fully saturated rings. The third-order valence-corrected chi connectivity index (χ3v) is 5.05. The second-order valence-corrected chi connectivity index (χ2v) is 6.35. The number of rotatable bonds is 6. The van der Waals surface area contributed by atoms with Crippen molar-refractivity contribution in [3.63, 3.8) is 0 Å². The van der Waals surface area contributed by atoms with Crippen LogP contribution in [0.5, 0.6) is 0 Å². The summed E-state index contributed by atoms with van der Waals surface area (Å²) in [5.74, 6) is 0. The van der Waals surface area contributed by atoms with Crippen LogP contribution in [0.15, 0.2) is 11.4 Å². The summed E-state index contributed by atoms with van der Waals surface area (Å²) in [6, 6.07) is 3.59. The van der Waals surface area contributed by atoms with E-state index in [1.165, 1.54) is 25.8 Å². The molecule has 0 saturated carbocycles. The van der Waals surface area contributed by atoms with Gasteiger partial charge in [-0.15, -0.1) is 11.3 Å². The molecule has 1 aromatic rings. The SMILES string of the molecule is CCCNCCC(C)N1CCc2sccc2C1C. The maximum absolute atomic E-state index is 3.51. The maximum atomic E-state index is 3.51. The maximum Gasteiger partial charge on any atom is 0.0333 e. The molecule has 0 amide bonds. The van der Waals surface area contributed by atoms with Gasteiger partial charge in [0.15, 0.2) is 0 Å². The number of thiophene rings is 1. The molecule has 0 bridgehead atoms. The molecule has 2 heterocycles. The highest BCUT2D eigenvalue weighted by Gasteiger charge is 2.27. The third kappa shape index (κ3) is 3.14. The van der Waals surface area contributed by atoms with E-state index in [4.69, 9.17) is 0 Å². The smallest absolute Gasteiger partial charge is 0.0333 e. The summed E-state index contributed by atoms with van der Waals surface area (Å²) in [5, 5.41) is 5.76. The first kappa shape index (κ1) is 14.0. The fourth-order valence-corrected chi connectivity index (χ4v) is 3.87. The average Bonchev–Trinajstić information content (AvgIpc) is 2.84. The molecule has 1 aliphatic heterocycles. The Labute approximate surface area is 115 Å². The van der Waals surface area contributed by atoms with Crippen LogP contribution in [0.3, 0.4) is 0 Å². The molecule has 2 atom stereocenters. The molecule has 18 heavy (non-hydrogen) atoms. The van der Waals surface area contributed by atoms with Crippen LogP contribution in [0, 0.1) is 0 Å². The number of fused-ring (bicyclic) bond motifs is 1. The third-order valence-electron chi connectivity index (χ3n) is 4.06. The van der Waals surface area contributed by atoms with Crippen molar-refractivity contribution in [1.29, 1.82) is 0 Å². The molecule has 2 unspecified atom stereocenters. The van der Waals surface area contributed by atoms with E-state index in [9.17, 15) is 0 Å². The number of hydrogen-bond donors (Lipinski definition) is 1. The second kappa shape index (κ2) is 6.69. The largest absolute Gasteiger partial charge is 0.317 e. The van der Waals surface area contributed by atoms with E-state index in [0.29, 0.717) is 12.1 Å². The topological polar surface area (TPSA) is 15.3 Å². The summed E-state index contributed by atoms with van der Waals surface area (Å²) in [5.41, 5.74) is 1.57. The lowest BCUT2D eigenvalue weighted by Crippen LogP contribution is -2.41. The monoisotopic (exact) mass is 266 g/mol. The molecule has 102 valence electrons. The van der Waals surface area contributed by atoms with Crippen LogP contribution in [0.25, 0.3) is 0 Å². The fraction of sp³-hybridized carbons (Fsp3) is 0.733. The Hall–Kier alpha value is -0.380. The van der Waals surface area contributed by atoms with Crippen LogP contribution in [0.1, 0.15) is 50.1 Å². The first-order chi connectivity index (χ1) is 8.74.